The number of carbonyl (C=O) groups excluding carboxylic acids is 2. The van der Waals surface area contributed by atoms with Crippen LogP contribution in [0, 0.1) is 11.3 Å². The Balaban J connectivity index is 1.77. The number of nitriles is 1. The van der Waals surface area contributed by atoms with Crippen molar-refractivity contribution < 1.29 is 14.3 Å². The van der Waals surface area contributed by atoms with E-state index in [-0.39, 0.29) is 23.3 Å². The van der Waals surface area contributed by atoms with E-state index in [2.05, 4.69) is 15.3 Å². The number of hydrogen-bond acceptors (Lipinski definition) is 8. The molecule has 4 rings (SSSR count). The lowest BCUT2D eigenvalue weighted by Crippen LogP contribution is -2.44. The van der Waals surface area contributed by atoms with Crippen LogP contribution in [0.15, 0.2) is 35.1 Å². The number of pyridine rings is 1. The van der Waals surface area contributed by atoms with Crippen LogP contribution >= 0.6 is 0 Å². The first-order chi connectivity index (χ1) is 15.0. The van der Waals surface area contributed by atoms with Gasteiger partial charge in [0, 0.05) is 31.7 Å². The van der Waals surface area contributed by atoms with E-state index in [4.69, 9.17) is 10.00 Å². The summed E-state index contributed by atoms with van der Waals surface area (Å²) in [6.07, 6.45) is 0. The summed E-state index contributed by atoms with van der Waals surface area (Å²) in [5.41, 5.74) is 0.509. The number of nitrogens with zero attached hydrogens (tertiary/aromatic N) is 4. The predicted molar refractivity (Wildman–Crippen MR) is 112 cm³/mol. The highest BCUT2D eigenvalue weighted by atomic mass is 16.5. The molecule has 158 valence electrons. The Labute approximate surface area is 177 Å². The zero-order chi connectivity index (χ0) is 22.0. The van der Waals surface area contributed by atoms with Crippen LogP contribution in [0.4, 0.5) is 5.95 Å². The number of ketones is 1. The number of esters is 1. The molecule has 31 heavy (non-hydrogen) atoms. The van der Waals surface area contributed by atoms with E-state index in [1.54, 1.807) is 18.2 Å². The molecule has 1 saturated heterocycles. The number of ether oxygens (including phenoxy) is 1. The number of H-pyrrole nitrogens is 1. The fourth-order valence-electron chi connectivity index (χ4n) is 3.55. The summed E-state index contributed by atoms with van der Waals surface area (Å²) in [5.74, 6) is -0.618. The number of hydrogen-bond donors (Lipinski definition) is 2. The van der Waals surface area contributed by atoms with Crippen LogP contribution in [-0.2, 0) is 11.3 Å². The van der Waals surface area contributed by atoms with Gasteiger partial charge in [0.15, 0.2) is 11.3 Å². The normalized spacial score (nSPS) is 13.7. The topological polar surface area (TPSA) is 133 Å². The first-order valence-corrected chi connectivity index (χ1v) is 9.72. The molecule has 1 aliphatic heterocycles. The summed E-state index contributed by atoms with van der Waals surface area (Å²) in [6, 6.07) is 9.62. The third-order valence-electron chi connectivity index (χ3n) is 5.17. The number of benzene rings is 1. The van der Waals surface area contributed by atoms with Gasteiger partial charge >= 0.3 is 5.97 Å². The second-order valence-electron chi connectivity index (χ2n) is 7.09. The molecule has 0 spiro atoms. The number of carbonyl (C=O) groups is 2. The number of imidazole rings is 1. The molecule has 3 aromatic rings. The molecule has 0 radical (unpaired) electrons. The zero-order valence-electron chi connectivity index (χ0n) is 16.8. The van der Waals surface area contributed by atoms with Gasteiger partial charge in [-0.2, -0.15) is 5.26 Å². The Morgan fingerprint density at radius 2 is 2.03 bits per heavy atom. The van der Waals surface area contributed by atoms with E-state index < -0.39 is 17.3 Å². The number of aromatic nitrogens is 3. The summed E-state index contributed by atoms with van der Waals surface area (Å²) >= 11 is 0. The van der Waals surface area contributed by atoms with Gasteiger partial charge in [-0.15, -0.1) is 0 Å². The molecule has 1 fully saturated rings. The molecule has 0 unspecified atom stereocenters. The molecule has 3 heterocycles. The lowest BCUT2D eigenvalue weighted by atomic mass is 10.1. The number of methoxy groups -OCH3 is 1. The van der Waals surface area contributed by atoms with Crippen molar-refractivity contribution in [2.75, 3.05) is 38.2 Å². The van der Waals surface area contributed by atoms with Gasteiger partial charge in [-0.1, -0.05) is 12.1 Å². The molecule has 10 heteroatoms. The second kappa shape index (κ2) is 8.41. The summed E-state index contributed by atoms with van der Waals surface area (Å²) in [7, 11) is 1.21. The fraction of sp³-hybridized carbons (Fsp3) is 0.286. The van der Waals surface area contributed by atoms with E-state index in [9.17, 15) is 14.4 Å². The average molecular weight is 420 g/mol. The molecule has 0 bridgehead atoms. The Bertz CT molecular complexity index is 1260. The Morgan fingerprint density at radius 1 is 1.26 bits per heavy atom. The molecule has 2 N–H and O–H groups in total. The van der Waals surface area contributed by atoms with Crippen molar-refractivity contribution in [1.82, 2.24) is 19.9 Å². The standard InChI is InChI=1S/C21H20N6O4/c1-31-20(30)16-10-15-18(25-21(24-15)26-7-5-23-6-8-26)19(29)27(16)12-17(28)14-4-2-3-13(9-14)11-22/h2-4,9-10,23H,5-8,12H2,1H3,(H,24,25). The molecule has 0 atom stereocenters. The number of Topliss-reactive ketones (excluding diaryl/α,β-unsaturated/α-hetero) is 1. The van der Waals surface area contributed by atoms with Crippen molar-refractivity contribution in [3.63, 3.8) is 0 Å². The highest BCUT2D eigenvalue weighted by Gasteiger charge is 2.22. The average Bonchev–Trinajstić information content (AvgIpc) is 3.25. The maximum atomic E-state index is 13.2. The minimum absolute atomic E-state index is 0.0553. The van der Waals surface area contributed by atoms with E-state index >= 15 is 0 Å². The van der Waals surface area contributed by atoms with Gasteiger partial charge in [0.1, 0.15) is 5.69 Å². The lowest BCUT2D eigenvalue weighted by Gasteiger charge is -2.26. The monoisotopic (exact) mass is 420 g/mol. The van der Waals surface area contributed by atoms with Crippen molar-refractivity contribution in [2.45, 2.75) is 6.54 Å². The van der Waals surface area contributed by atoms with Gasteiger partial charge in [0.05, 0.1) is 30.8 Å². The summed E-state index contributed by atoms with van der Waals surface area (Å²) in [4.78, 5) is 47.9. The maximum Gasteiger partial charge on any atom is 0.354 e. The van der Waals surface area contributed by atoms with E-state index in [0.29, 0.717) is 17.0 Å². The molecule has 2 aromatic heterocycles. The van der Waals surface area contributed by atoms with Gasteiger partial charge in [0.25, 0.3) is 5.56 Å². The van der Waals surface area contributed by atoms with E-state index in [1.165, 1.54) is 19.2 Å². The third-order valence-corrected chi connectivity index (χ3v) is 5.17. The fourth-order valence-corrected chi connectivity index (χ4v) is 3.55. The van der Waals surface area contributed by atoms with Crippen LogP contribution < -0.4 is 15.8 Å². The molecule has 0 aliphatic carbocycles. The first-order valence-electron chi connectivity index (χ1n) is 9.72. The van der Waals surface area contributed by atoms with Gasteiger partial charge in [-0.25, -0.2) is 9.78 Å². The molecule has 1 aliphatic rings. The first kappa shape index (κ1) is 20.3. The Kier molecular flexibility index (Phi) is 5.51. The van der Waals surface area contributed by atoms with E-state index in [1.807, 2.05) is 11.0 Å². The Morgan fingerprint density at radius 3 is 2.74 bits per heavy atom. The summed E-state index contributed by atoms with van der Waals surface area (Å²) < 4.78 is 5.89. The Hall–Kier alpha value is -3.97. The summed E-state index contributed by atoms with van der Waals surface area (Å²) in [6.45, 7) is 2.66. The van der Waals surface area contributed by atoms with Crippen LogP contribution in [-0.4, -0.2) is 59.6 Å². The number of rotatable bonds is 5. The molecule has 10 nitrogen and oxygen atoms in total. The van der Waals surface area contributed by atoms with Crippen LogP contribution in [0.5, 0.6) is 0 Å². The molecular formula is C21H20N6O4. The molecule has 0 amide bonds. The maximum absolute atomic E-state index is 13.2. The van der Waals surface area contributed by atoms with Crippen molar-refractivity contribution in [1.29, 1.82) is 5.26 Å². The zero-order valence-corrected chi connectivity index (χ0v) is 16.8. The number of fused-ring (bicyclic) bond motifs is 1. The minimum Gasteiger partial charge on any atom is -0.464 e. The van der Waals surface area contributed by atoms with Crippen molar-refractivity contribution in [3.05, 3.63) is 57.5 Å². The van der Waals surface area contributed by atoms with Crippen LogP contribution in [0.3, 0.4) is 0 Å². The second-order valence-corrected chi connectivity index (χ2v) is 7.09. The predicted octanol–water partition coefficient (Wildman–Crippen LogP) is 0.675. The smallest absolute Gasteiger partial charge is 0.354 e. The highest BCUT2D eigenvalue weighted by molar-refractivity contribution is 5.98. The number of aromatic amines is 1. The van der Waals surface area contributed by atoms with Crippen molar-refractivity contribution in [2.24, 2.45) is 0 Å². The number of anilines is 1. The van der Waals surface area contributed by atoms with Gasteiger partial charge in [-0.3, -0.25) is 14.2 Å². The molecule has 0 saturated carbocycles. The van der Waals surface area contributed by atoms with Crippen LogP contribution in [0.25, 0.3) is 11.0 Å². The summed E-state index contributed by atoms with van der Waals surface area (Å²) in [5, 5.41) is 12.3. The SMILES string of the molecule is COC(=O)c1cc2[nH]c(N3CCNCC3)nc2c(=O)n1CC(=O)c1cccc(C#N)c1. The molecule has 1 aromatic carbocycles. The van der Waals surface area contributed by atoms with Crippen molar-refractivity contribution in [3.8, 4) is 6.07 Å². The van der Waals surface area contributed by atoms with Crippen LogP contribution in [0.2, 0.25) is 0 Å². The molecular weight excluding hydrogens is 400 g/mol. The number of piperazine rings is 1. The van der Waals surface area contributed by atoms with Crippen LogP contribution in [0.1, 0.15) is 26.4 Å². The number of nitrogens with one attached hydrogen (secondary N) is 2. The lowest BCUT2D eigenvalue weighted by molar-refractivity contribution is 0.0587. The minimum atomic E-state index is -0.740. The van der Waals surface area contributed by atoms with Crippen molar-refractivity contribution >= 4 is 28.7 Å². The van der Waals surface area contributed by atoms with Gasteiger partial charge in [0.2, 0.25) is 5.95 Å². The quantitative estimate of drug-likeness (QED) is 0.455. The van der Waals surface area contributed by atoms with Gasteiger partial charge in [-0.05, 0) is 18.2 Å². The highest BCUT2D eigenvalue weighted by Crippen LogP contribution is 2.18. The van der Waals surface area contributed by atoms with Gasteiger partial charge < -0.3 is 19.9 Å². The third kappa shape index (κ3) is 3.91. The largest absolute Gasteiger partial charge is 0.464 e. The van der Waals surface area contributed by atoms with E-state index in [0.717, 1.165) is 30.7 Å².